The minimum Gasteiger partial charge on any atom is -0.467 e. The fourth-order valence-corrected chi connectivity index (χ4v) is 3.00. The Balaban J connectivity index is 1.64. The first-order valence-electron chi connectivity index (χ1n) is 8.94. The van der Waals surface area contributed by atoms with Gasteiger partial charge in [0.15, 0.2) is 0 Å². The first-order valence-corrected chi connectivity index (χ1v) is 8.94. The second-order valence-corrected chi connectivity index (χ2v) is 6.37. The largest absolute Gasteiger partial charge is 0.467 e. The van der Waals surface area contributed by atoms with Crippen molar-refractivity contribution in [2.45, 2.75) is 12.5 Å². The molecule has 0 saturated carbocycles. The molecule has 0 bridgehead atoms. The van der Waals surface area contributed by atoms with Crippen LogP contribution in [0.15, 0.2) is 54.7 Å². The van der Waals surface area contributed by atoms with Crippen LogP contribution in [-0.2, 0) is 20.7 Å². The number of ether oxygens (including phenoxy) is 1. The number of esters is 1. The Labute approximate surface area is 166 Å². The number of rotatable bonds is 7. The molecule has 0 aliphatic rings. The molecule has 3 aromatic rings. The minimum absolute atomic E-state index is 0.163. The van der Waals surface area contributed by atoms with Gasteiger partial charge in [-0.15, -0.1) is 0 Å². The van der Waals surface area contributed by atoms with Crippen molar-refractivity contribution in [1.29, 1.82) is 0 Å². The van der Waals surface area contributed by atoms with Crippen molar-refractivity contribution in [1.82, 2.24) is 15.6 Å². The summed E-state index contributed by atoms with van der Waals surface area (Å²) in [5, 5.41) is 5.83. The number of halogens is 1. The highest BCUT2D eigenvalue weighted by atomic mass is 19.1. The monoisotopic (exact) mass is 397 g/mol. The van der Waals surface area contributed by atoms with E-state index in [1.807, 2.05) is 24.3 Å². The smallest absolute Gasteiger partial charge is 0.328 e. The summed E-state index contributed by atoms with van der Waals surface area (Å²) >= 11 is 0. The predicted octanol–water partition coefficient (Wildman–Crippen LogP) is 1.94. The maximum Gasteiger partial charge on any atom is 0.328 e. The average Bonchev–Trinajstić information content (AvgIpc) is 3.14. The molecule has 0 aliphatic carbocycles. The highest BCUT2D eigenvalue weighted by Gasteiger charge is 2.23. The molecule has 1 atom stereocenters. The number of aromatic nitrogens is 1. The number of carbonyl (C=O) groups excluding carboxylic acids is 3. The maximum absolute atomic E-state index is 13.6. The fourth-order valence-electron chi connectivity index (χ4n) is 3.00. The lowest BCUT2D eigenvalue weighted by Gasteiger charge is -2.16. The van der Waals surface area contributed by atoms with Gasteiger partial charge in [0.2, 0.25) is 5.91 Å². The molecule has 3 N–H and O–H groups in total. The molecule has 0 aliphatic heterocycles. The van der Waals surface area contributed by atoms with Gasteiger partial charge in [-0.3, -0.25) is 9.59 Å². The number of amides is 2. The zero-order valence-corrected chi connectivity index (χ0v) is 15.7. The summed E-state index contributed by atoms with van der Waals surface area (Å²) in [6, 6.07) is 12.1. The number of benzene rings is 2. The number of carbonyl (C=O) groups is 3. The van der Waals surface area contributed by atoms with Crippen molar-refractivity contribution in [3.8, 4) is 0 Å². The zero-order chi connectivity index (χ0) is 20.8. The summed E-state index contributed by atoms with van der Waals surface area (Å²) < 4.78 is 18.4. The summed E-state index contributed by atoms with van der Waals surface area (Å²) in [5.74, 6) is -2.60. The average molecular weight is 397 g/mol. The Morgan fingerprint density at radius 3 is 2.59 bits per heavy atom. The van der Waals surface area contributed by atoms with Crippen LogP contribution in [0.5, 0.6) is 0 Å². The van der Waals surface area contributed by atoms with Crippen molar-refractivity contribution in [3.05, 3.63) is 71.7 Å². The first-order chi connectivity index (χ1) is 14.0. The Bertz CT molecular complexity index is 1050. The molecule has 0 fully saturated rings. The van der Waals surface area contributed by atoms with Gasteiger partial charge in [-0.1, -0.05) is 30.3 Å². The molecule has 0 unspecified atom stereocenters. The molecule has 1 aromatic heterocycles. The Morgan fingerprint density at radius 2 is 1.83 bits per heavy atom. The number of methoxy groups -OCH3 is 1. The number of aromatic amines is 1. The van der Waals surface area contributed by atoms with Gasteiger partial charge in [0, 0.05) is 23.5 Å². The summed E-state index contributed by atoms with van der Waals surface area (Å²) in [6.45, 7) is -0.408. The molecular weight excluding hydrogens is 377 g/mol. The maximum atomic E-state index is 13.6. The lowest BCUT2D eigenvalue weighted by Crippen LogP contribution is -2.47. The van der Waals surface area contributed by atoms with E-state index in [4.69, 9.17) is 4.74 Å². The third-order valence-corrected chi connectivity index (χ3v) is 4.45. The molecule has 3 rings (SSSR count). The lowest BCUT2D eigenvalue weighted by molar-refractivity contribution is -0.144. The van der Waals surface area contributed by atoms with E-state index in [1.54, 1.807) is 6.20 Å². The number of hydrogen-bond donors (Lipinski definition) is 3. The highest BCUT2D eigenvalue weighted by Crippen LogP contribution is 2.19. The van der Waals surface area contributed by atoms with E-state index in [0.29, 0.717) is 0 Å². The van der Waals surface area contributed by atoms with Crippen LogP contribution in [-0.4, -0.2) is 42.5 Å². The number of hydrogen-bond acceptors (Lipinski definition) is 4. The van der Waals surface area contributed by atoms with E-state index in [0.717, 1.165) is 22.5 Å². The van der Waals surface area contributed by atoms with Crippen molar-refractivity contribution in [2.75, 3.05) is 13.7 Å². The first kappa shape index (κ1) is 20.1. The van der Waals surface area contributed by atoms with Crippen molar-refractivity contribution >= 4 is 28.7 Å². The van der Waals surface area contributed by atoms with Crippen LogP contribution in [0.4, 0.5) is 4.39 Å². The quantitative estimate of drug-likeness (QED) is 0.531. The lowest BCUT2D eigenvalue weighted by atomic mass is 10.0. The van der Waals surface area contributed by atoms with Crippen molar-refractivity contribution in [3.63, 3.8) is 0 Å². The van der Waals surface area contributed by atoms with E-state index < -0.39 is 36.2 Å². The summed E-state index contributed by atoms with van der Waals surface area (Å²) in [7, 11) is 1.23. The third kappa shape index (κ3) is 4.78. The standard InChI is InChI=1S/C21H20FN3O4/c1-29-21(28)18(10-13-11-23-17-9-5-3-6-14(13)17)25-19(26)12-24-20(27)15-7-2-4-8-16(15)22/h2-9,11,18,23H,10,12H2,1H3,(H,24,27)(H,25,26)/t18-/m1/s1. The van der Waals surface area contributed by atoms with E-state index in [2.05, 4.69) is 15.6 Å². The topological polar surface area (TPSA) is 100 Å². The molecule has 0 spiro atoms. The van der Waals surface area contributed by atoms with E-state index >= 15 is 0 Å². The van der Waals surface area contributed by atoms with Crippen LogP contribution in [0.3, 0.4) is 0 Å². The molecule has 2 amide bonds. The Hall–Kier alpha value is -3.68. The van der Waals surface area contributed by atoms with Gasteiger partial charge in [-0.25, -0.2) is 9.18 Å². The molecule has 1 heterocycles. The van der Waals surface area contributed by atoms with E-state index in [-0.39, 0.29) is 12.0 Å². The van der Waals surface area contributed by atoms with Crippen LogP contribution < -0.4 is 10.6 Å². The van der Waals surface area contributed by atoms with Crippen LogP contribution in [0.25, 0.3) is 10.9 Å². The minimum atomic E-state index is -0.933. The number of H-pyrrole nitrogens is 1. The Kier molecular flexibility index (Phi) is 6.23. The normalized spacial score (nSPS) is 11.7. The summed E-state index contributed by atoms with van der Waals surface area (Å²) in [5.41, 5.74) is 1.59. The van der Waals surface area contributed by atoms with Crippen molar-refractivity contribution < 1.29 is 23.5 Å². The molecule has 0 radical (unpaired) electrons. The van der Waals surface area contributed by atoms with Gasteiger partial charge in [-0.2, -0.15) is 0 Å². The van der Waals surface area contributed by atoms with Crippen molar-refractivity contribution in [2.24, 2.45) is 0 Å². The van der Waals surface area contributed by atoms with Crippen LogP contribution in [0, 0.1) is 5.82 Å². The fraction of sp³-hybridized carbons (Fsp3) is 0.190. The van der Waals surface area contributed by atoms with Crippen LogP contribution in [0.2, 0.25) is 0 Å². The predicted molar refractivity (Wildman–Crippen MR) is 105 cm³/mol. The van der Waals surface area contributed by atoms with Gasteiger partial charge in [-0.05, 0) is 23.8 Å². The second-order valence-electron chi connectivity index (χ2n) is 6.37. The summed E-state index contributed by atoms with van der Waals surface area (Å²) in [4.78, 5) is 39.5. The molecule has 0 saturated heterocycles. The second kappa shape index (κ2) is 9.01. The SMILES string of the molecule is COC(=O)[C@@H](Cc1c[nH]c2ccccc12)NC(=O)CNC(=O)c1ccccc1F. The molecule has 2 aromatic carbocycles. The van der Waals surface area contributed by atoms with E-state index in [9.17, 15) is 18.8 Å². The van der Waals surface area contributed by atoms with Crippen LogP contribution in [0.1, 0.15) is 15.9 Å². The van der Waals surface area contributed by atoms with Gasteiger partial charge in [0.05, 0.1) is 19.2 Å². The number of fused-ring (bicyclic) bond motifs is 1. The van der Waals surface area contributed by atoms with Crippen LogP contribution >= 0.6 is 0 Å². The molecule has 8 heteroatoms. The van der Waals surface area contributed by atoms with Gasteiger partial charge >= 0.3 is 5.97 Å². The number of para-hydroxylation sites is 1. The molecule has 29 heavy (non-hydrogen) atoms. The van der Waals surface area contributed by atoms with Gasteiger partial charge < -0.3 is 20.4 Å². The Morgan fingerprint density at radius 1 is 1.10 bits per heavy atom. The van der Waals surface area contributed by atoms with E-state index in [1.165, 1.54) is 25.3 Å². The molecular formula is C21H20FN3O4. The molecule has 150 valence electrons. The van der Waals surface area contributed by atoms with Gasteiger partial charge in [0.25, 0.3) is 5.91 Å². The summed E-state index contributed by atoms with van der Waals surface area (Å²) in [6.07, 6.45) is 1.98. The third-order valence-electron chi connectivity index (χ3n) is 4.45. The van der Waals surface area contributed by atoms with Gasteiger partial charge in [0.1, 0.15) is 11.9 Å². The zero-order valence-electron chi connectivity index (χ0n) is 15.7. The molecule has 7 nitrogen and oxygen atoms in total. The highest BCUT2D eigenvalue weighted by molar-refractivity contribution is 5.97. The number of nitrogens with one attached hydrogen (secondary N) is 3.